The summed E-state index contributed by atoms with van der Waals surface area (Å²) in [6, 6.07) is 31.0. The van der Waals surface area contributed by atoms with Crippen molar-refractivity contribution in [3.8, 4) is 17.1 Å². The van der Waals surface area contributed by atoms with E-state index in [0.717, 1.165) is 16.9 Å². The molecule has 174 valence electrons. The fraction of sp³-hybridized carbons (Fsp3) is 0.121. The van der Waals surface area contributed by atoms with Crippen molar-refractivity contribution in [1.29, 1.82) is 0 Å². The Bertz CT molecular complexity index is 1970. The lowest BCUT2D eigenvalue weighted by atomic mass is 10.0. The SMILES string of the molecule is Cc1ccc2c(c1)sc1c(-c3nc4cc5ccccc5cc4n3-c3c(C)cccc3C)ccc(C)c12. The highest BCUT2D eigenvalue weighted by atomic mass is 32.1. The second-order valence-electron chi connectivity index (χ2n) is 9.94. The van der Waals surface area contributed by atoms with Crippen molar-refractivity contribution in [2.75, 3.05) is 0 Å². The first-order chi connectivity index (χ1) is 17.5. The third-order valence-corrected chi connectivity index (χ3v) is 8.60. The van der Waals surface area contributed by atoms with Crippen LogP contribution in [-0.2, 0) is 0 Å². The summed E-state index contributed by atoms with van der Waals surface area (Å²) in [6.07, 6.45) is 0. The number of fused-ring (bicyclic) bond motifs is 5. The molecule has 0 amide bonds. The monoisotopic (exact) mass is 482 g/mol. The van der Waals surface area contributed by atoms with Crippen LogP contribution in [0.1, 0.15) is 22.3 Å². The predicted octanol–water partition coefficient (Wildman–Crippen LogP) is 9.45. The topological polar surface area (TPSA) is 17.8 Å². The molecule has 0 saturated carbocycles. The van der Waals surface area contributed by atoms with Gasteiger partial charge in [-0.05, 0) is 85.0 Å². The molecule has 36 heavy (non-hydrogen) atoms. The number of aryl methyl sites for hydroxylation is 4. The van der Waals surface area contributed by atoms with Crippen molar-refractivity contribution in [2.24, 2.45) is 0 Å². The third kappa shape index (κ3) is 3.06. The Balaban J connectivity index is 1.66. The van der Waals surface area contributed by atoms with Crippen LogP contribution in [-0.4, -0.2) is 9.55 Å². The maximum Gasteiger partial charge on any atom is 0.147 e. The highest BCUT2D eigenvalue weighted by Crippen LogP contribution is 2.43. The van der Waals surface area contributed by atoms with Crippen molar-refractivity contribution in [1.82, 2.24) is 9.55 Å². The second kappa shape index (κ2) is 7.78. The van der Waals surface area contributed by atoms with Gasteiger partial charge in [-0.15, -0.1) is 11.3 Å². The minimum Gasteiger partial charge on any atom is -0.292 e. The van der Waals surface area contributed by atoms with Gasteiger partial charge in [0.15, 0.2) is 0 Å². The van der Waals surface area contributed by atoms with Gasteiger partial charge in [0.05, 0.1) is 16.7 Å². The summed E-state index contributed by atoms with van der Waals surface area (Å²) in [5.41, 5.74) is 9.68. The lowest BCUT2D eigenvalue weighted by Crippen LogP contribution is -2.02. The quantitative estimate of drug-likeness (QED) is 0.240. The molecular formula is C33H26N2S. The molecule has 3 heteroatoms. The van der Waals surface area contributed by atoms with Gasteiger partial charge in [-0.2, -0.15) is 0 Å². The summed E-state index contributed by atoms with van der Waals surface area (Å²) in [6.45, 7) is 8.79. The minimum absolute atomic E-state index is 1.01. The lowest BCUT2D eigenvalue weighted by Gasteiger charge is -2.16. The molecule has 7 aromatic rings. The van der Waals surface area contributed by atoms with Crippen molar-refractivity contribution < 1.29 is 0 Å². The summed E-state index contributed by atoms with van der Waals surface area (Å²) in [7, 11) is 0. The van der Waals surface area contributed by atoms with E-state index in [4.69, 9.17) is 4.98 Å². The number of hydrogen-bond donors (Lipinski definition) is 0. The van der Waals surface area contributed by atoms with Gasteiger partial charge in [0.25, 0.3) is 0 Å². The van der Waals surface area contributed by atoms with Crippen LogP contribution in [0.2, 0.25) is 0 Å². The van der Waals surface area contributed by atoms with Gasteiger partial charge >= 0.3 is 0 Å². The molecule has 0 bridgehead atoms. The Morgan fingerprint density at radius 1 is 0.694 bits per heavy atom. The highest BCUT2D eigenvalue weighted by Gasteiger charge is 2.21. The second-order valence-corrected chi connectivity index (χ2v) is 11.0. The molecule has 2 heterocycles. The normalized spacial score (nSPS) is 11.9. The Labute approximate surface area is 214 Å². The van der Waals surface area contributed by atoms with Gasteiger partial charge in [0.1, 0.15) is 5.82 Å². The van der Waals surface area contributed by atoms with E-state index < -0.39 is 0 Å². The first kappa shape index (κ1) is 21.3. The van der Waals surface area contributed by atoms with E-state index in [1.807, 2.05) is 11.3 Å². The van der Waals surface area contributed by atoms with Crippen LogP contribution < -0.4 is 0 Å². The van der Waals surface area contributed by atoms with Crippen molar-refractivity contribution >= 4 is 53.3 Å². The molecule has 0 aliphatic carbocycles. The summed E-state index contributed by atoms with van der Waals surface area (Å²) < 4.78 is 5.04. The largest absolute Gasteiger partial charge is 0.292 e. The zero-order valence-electron chi connectivity index (χ0n) is 20.9. The Morgan fingerprint density at radius 3 is 2.22 bits per heavy atom. The molecule has 2 nitrogen and oxygen atoms in total. The number of hydrogen-bond acceptors (Lipinski definition) is 2. The Kier molecular flexibility index (Phi) is 4.61. The molecule has 7 rings (SSSR count). The predicted molar refractivity (Wildman–Crippen MR) is 156 cm³/mol. The Morgan fingerprint density at radius 2 is 1.44 bits per heavy atom. The molecule has 2 aromatic heterocycles. The molecule has 0 saturated heterocycles. The Hall–Kier alpha value is -3.95. The summed E-state index contributed by atoms with van der Waals surface area (Å²) in [5, 5.41) is 5.13. The van der Waals surface area contributed by atoms with E-state index in [2.05, 4.69) is 117 Å². The van der Waals surface area contributed by atoms with E-state index in [1.165, 1.54) is 64.4 Å². The number of imidazole rings is 1. The molecule has 5 aromatic carbocycles. The highest BCUT2D eigenvalue weighted by molar-refractivity contribution is 7.26. The number of para-hydroxylation sites is 1. The lowest BCUT2D eigenvalue weighted by molar-refractivity contribution is 1.07. The van der Waals surface area contributed by atoms with E-state index in [1.54, 1.807) is 0 Å². The standard InChI is InChI=1S/C33H26N2S/c1-19-12-14-25-29(16-19)36-32-26(15-13-20(2)30(25)32)33-34-27-17-23-10-5-6-11-24(23)18-28(27)35(33)31-21(3)8-7-9-22(31)4/h5-18H,1-4H3. The van der Waals surface area contributed by atoms with E-state index in [9.17, 15) is 0 Å². The van der Waals surface area contributed by atoms with Gasteiger partial charge in [0.2, 0.25) is 0 Å². The van der Waals surface area contributed by atoms with Crippen LogP contribution in [0.5, 0.6) is 0 Å². The van der Waals surface area contributed by atoms with Crippen LogP contribution in [0.4, 0.5) is 0 Å². The van der Waals surface area contributed by atoms with Crippen molar-refractivity contribution in [3.63, 3.8) is 0 Å². The van der Waals surface area contributed by atoms with Gasteiger partial charge in [-0.3, -0.25) is 4.57 Å². The van der Waals surface area contributed by atoms with E-state index in [-0.39, 0.29) is 0 Å². The molecular weight excluding hydrogens is 456 g/mol. The zero-order chi connectivity index (χ0) is 24.6. The third-order valence-electron chi connectivity index (χ3n) is 7.41. The van der Waals surface area contributed by atoms with E-state index in [0.29, 0.717) is 0 Å². The number of rotatable bonds is 2. The fourth-order valence-corrected chi connectivity index (χ4v) is 7.04. The number of nitrogens with zero attached hydrogens (tertiary/aromatic N) is 2. The van der Waals surface area contributed by atoms with Gasteiger partial charge in [-0.25, -0.2) is 4.98 Å². The van der Waals surface area contributed by atoms with Gasteiger partial charge in [0, 0.05) is 25.7 Å². The summed E-state index contributed by atoms with van der Waals surface area (Å²) in [5.74, 6) is 1.01. The van der Waals surface area contributed by atoms with Crippen molar-refractivity contribution in [2.45, 2.75) is 27.7 Å². The maximum atomic E-state index is 5.33. The van der Waals surface area contributed by atoms with Crippen molar-refractivity contribution in [3.05, 3.63) is 107 Å². The average molecular weight is 483 g/mol. The fourth-order valence-electron chi connectivity index (χ4n) is 5.66. The average Bonchev–Trinajstić information content (AvgIpc) is 3.41. The number of aromatic nitrogens is 2. The zero-order valence-corrected chi connectivity index (χ0v) is 21.7. The molecule has 0 atom stereocenters. The molecule has 0 fully saturated rings. The van der Waals surface area contributed by atoms with Crippen LogP contribution in [0.15, 0.2) is 84.9 Å². The first-order valence-corrected chi connectivity index (χ1v) is 13.2. The minimum atomic E-state index is 1.01. The molecule has 0 aliphatic rings. The van der Waals surface area contributed by atoms with E-state index >= 15 is 0 Å². The molecule has 0 spiro atoms. The van der Waals surface area contributed by atoms with Crippen LogP contribution >= 0.6 is 11.3 Å². The van der Waals surface area contributed by atoms with Gasteiger partial charge in [-0.1, -0.05) is 60.7 Å². The molecule has 0 unspecified atom stereocenters. The maximum absolute atomic E-state index is 5.33. The van der Waals surface area contributed by atoms with Crippen LogP contribution in [0, 0.1) is 27.7 Å². The summed E-state index contributed by atoms with van der Waals surface area (Å²) >= 11 is 1.88. The molecule has 0 N–H and O–H groups in total. The van der Waals surface area contributed by atoms with Gasteiger partial charge < -0.3 is 0 Å². The van der Waals surface area contributed by atoms with Crippen LogP contribution in [0.25, 0.3) is 59.1 Å². The molecule has 0 radical (unpaired) electrons. The molecule has 0 aliphatic heterocycles. The first-order valence-electron chi connectivity index (χ1n) is 12.4. The smallest absolute Gasteiger partial charge is 0.147 e. The number of thiophene rings is 1. The number of benzene rings is 5. The van der Waals surface area contributed by atoms with Crippen LogP contribution in [0.3, 0.4) is 0 Å². The summed E-state index contributed by atoms with van der Waals surface area (Å²) in [4.78, 5) is 5.33.